The molecule has 0 bridgehead atoms. The first-order chi connectivity index (χ1) is 32.8. The van der Waals surface area contributed by atoms with Crippen LogP contribution in [-0.4, -0.2) is 0 Å². The third-order valence-corrected chi connectivity index (χ3v) is 15.1. The zero-order valence-electron chi connectivity index (χ0n) is 36.0. The van der Waals surface area contributed by atoms with Gasteiger partial charge in [-0.3, -0.25) is 0 Å². The first-order valence-corrected chi connectivity index (χ1v) is 23.1. The minimum Gasteiger partial charge on any atom is -0.310 e. The molecule has 2 aliphatic rings. The predicted octanol–water partition coefficient (Wildman–Crippen LogP) is 17.5. The molecule has 0 atom stereocenters. The molecule has 1 nitrogen and oxygen atoms in total. The number of para-hydroxylation sites is 1. The van der Waals surface area contributed by atoms with Crippen LogP contribution in [0.2, 0.25) is 0 Å². The van der Waals surface area contributed by atoms with E-state index in [0.717, 1.165) is 17.1 Å². The lowest BCUT2D eigenvalue weighted by atomic mass is 9.70. The van der Waals surface area contributed by atoms with E-state index < -0.39 is 5.41 Å². The standard InChI is InChI=1S/C65H39N/c1-2-15-40(16-3-1)47-20-7-11-30-60(47)66(45-35-36-51-50-23-6-10-29-58(50)65(59(51)39-45)56-27-8-4-21-48(56)49-22-5-9-28-57(49)65)46-37-44-34-33-43-18-13-25-53-52-24-12-17-41-31-32-42-19-14-26-54(63(42)61(41)52)55(38-46)64(44)62(43)53/h1-39H. The Morgan fingerprint density at radius 1 is 0.258 bits per heavy atom. The van der Waals surface area contributed by atoms with Gasteiger partial charge in [-0.15, -0.1) is 0 Å². The van der Waals surface area contributed by atoms with Crippen LogP contribution in [0.15, 0.2) is 237 Å². The van der Waals surface area contributed by atoms with E-state index in [9.17, 15) is 0 Å². The van der Waals surface area contributed by atoms with Gasteiger partial charge in [0.1, 0.15) is 0 Å². The number of hydrogen-bond donors (Lipinski definition) is 0. The molecule has 0 radical (unpaired) electrons. The number of hydrogen-bond acceptors (Lipinski definition) is 1. The van der Waals surface area contributed by atoms with Crippen molar-refractivity contribution in [2.24, 2.45) is 0 Å². The third-order valence-electron chi connectivity index (χ3n) is 15.1. The van der Waals surface area contributed by atoms with Crippen LogP contribution in [0.5, 0.6) is 0 Å². The van der Waals surface area contributed by atoms with Crippen LogP contribution in [0.25, 0.3) is 98.0 Å². The van der Waals surface area contributed by atoms with Crippen LogP contribution in [0, 0.1) is 0 Å². The molecule has 0 aromatic heterocycles. The van der Waals surface area contributed by atoms with Crippen molar-refractivity contribution in [3.63, 3.8) is 0 Å². The molecular formula is C65H39N. The molecule has 13 aromatic carbocycles. The zero-order chi connectivity index (χ0) is 43.1. The van der Waals surface area contributed by atoms with Gasteiger partial charge >= 0.3 is 0 Å². The van der Waals surface area contributed by atoms with Gasteiger partial charge in [-0.2, -0.15) is 0 Å². The van der Waals surface area contributed by atoms with Gasteiger partial charge in [-0.05, 0) is 145 Å². The Labute approximate surface area is 382 Å². The minimum absolute atomic E-state index is 0.470. The second-order valence-electron chi connectivity index (χ2n) is 18.3. The monoisotopic (exact) mass is 833 g/mol. The fourth-order valence-corrected chi connectivity index (χ4v) is 12.6. The molecule has 0 heterocycles. The van der Waals surface area contributed by atoms with Gasteiger partial charge in [-0.1, -0.05) is 206 Å². The summed E-state index contributed by atoms with van der Waals surface area (Å²) in [5.41, 5.74) is 15.8. The van der Waals surface area contributed by atoms with Crippen molar-refractivity contribution in [1.82, 2.24) is 0 Å². The van der Waals surface area contributed by atoms with Gasteiger partial charge < -0.3 is 4.90 Å². The van der Waals surface area contributed by atoms with E-state index in [0.29, 0.717) is 0 Å². The van der Waals surface area contributed by atoms with Crippen molar-refractivity contribution >= 4 is 81.7 Å². The minimum atomic E-state index is -0.470. The summed E-state index contributed by atoms with van der Waals surface area (Å²) < 4.78 is 0. The molecule has 0 saturated heterocycles. The van der Waals surface area contributed by atoms with E-state index in [4.69, 9.17) is 0 Å². The van der Waals surface area contributed by atoms with Crippen molar-refractivity contribution in [2.45, 2.75) is 5.41 Å². The summed E-state index contributed by atoms with van der Waals surface area (Å²) in [5, 5.41) is 15.3. The Balaban J connectivity index is 1.09. The first kappa shape index (κ1) is 35.9. The van der Waals surface area contributed by atoms with E-state index in [1.54, 1.807) is 0 Å². The molecule has 0 saturated carbocycles. The number of nitrogens with zero attached hydrogens (tertiary/aromatic N) is 1. The average molecular weight is 834 g/mol. The summed E-state index contributed by atoms with van der Waals surface area (Å²) in [6.45, 7) is 0. The number of rotatable bonds is 4. The molecule has 0 aliphatic heterocycles. The van der Waals surface area contributed by atoms with E-state index in [2.05, 4.69) is 241 Å². The summed E-state index contributed by atoms with van der Waals surface area (Å²) in [5.74, 6) is 0. The fraction of sp³-hybridized carbons (Fsp3) is 0.0154. The van der Waals surface area contributed by atoms with E-state index in [-0.39, 0.29) is 0 Å². The smallest absolute Gasteiger partial charge is 0.0726 e. The Hall–Kier alpha value is -8.52. The zero-order valence-corrected chi connectivity index (χ0v) is 36.0. The third kappa shape index (κ3) is 4.64. The predicted molar refractivity (Wildman–Crippen MR) is 279 cm³/mol. The average Bonchev–Trinajstić information content (AvgIpc) is 3.85. The van der Waals surface area contributed by atoms with Crippen LogP contribution in [0.3, 0.4) is 0 Å². The summed E-state index contributed by atoms with van der Waals surface area (Å²) in [6, 6.07) is 89.2. The van der Waals surface area contributed by atoms with Crippen molar-refractivity contribution in [1.29, 1.82) is 0 Å². The van der Waals surface area contributed by atoms with Crippen LogP contribution in [0.1, 0.15) is 22.3 Å². The van der Waals surface area contributed by atoms with E-state index in [1.807, 2.05) is 0 Å². The molecule has 66 heavy (non-hydrogen) atoms. The van der Waals surface area contributed by atoms with Gasteiger partial charge in [0.15, 0.2) is 0 Å². The lowest BCUT2D eigenvalue weighted by molar-refractivity contribution is 0.793. The topological polar surface area (TPSA) is 3.24 Å². The van der Waals surface area contributed by atoms with Crippen molar-refractivity contribution in [2.75, 3.05) is 4.90 Å². The Morgan fingerprint density at radius 3 is 1.29 bits per heavy atom. The van der Waals surface area contributed by atoms with Gasteiger partial charge in [0.05, 0.1) is 11.1 Å². The highest BCUT2D eigenvalue weighted by Crippen LogP contribution is 2.63. The molecule has 2 aliphatic carbocycles. The molecule has 0 amide bonds. The molecule has 0 N–H and O–H groups in total. The maximum Gasteiger partial charge on any atom is 0.0726 e. The normalized spacial score (nSPS) is 13.3. The lowest BCUT2D eigenvalue weighted by Crippen LogP contribution is -2.26. The van der Waals surface area contributed by atoms with E-state index in [1.165, 1.54) is 120 Å². The van der Waals surface area contributed by atoms with Gasteiger partial charge in [0.2, 0.25) is 0 Å². The highest BCUT2D eigenvalue weighted by molar-refractivity contribution is 6.37. The molecule has 13 aromatic rings. The maximum atomic E-state index is 2.55. The summed E-state index contributed by atoms with van der Waals surface area (Å²) >= 11 is 0. The van der Waals surface area contributed by atoms with Gasteiger partial charge in [-0.25, -0.2) is 0 Å². The highest BCUT2D eigenvalue weighted by Gasteiger charge is 2.51. The van der Waals surface area contributed by atoms with Crippen LogP contribution >= 0.6 is 0 Å². The second-order valence-corrected chi connectivity index (χ2v) is 18.3. The van der Waals surface area contributed by atoms with Crippen molar-refractivity contribution in [3.8, 4) is 33.4 Å². The Kier molecular flexibility index (Phi) is 7.21. The Morgan fingerprint density at radius 2 is 0.712 bits per heavy atom. The largest absolute Gasteiger partial charge is 0.310 e. The molecular weight excluding hydrogens is 795 g/mol. The lowest BCUT2D eigenvalue weighted by Gasteiger charge is -2.33. The van der Waals surface area contributed by atoms with Crippen LogP contribution in [0.4, 0.5) is 17.1 Å². The first-order valence-electron chi connectivity index (χ1n) is 23.1. The van der Waals surface area contributed by atoms with Gasteiger partial charge in [0.25, 0.3) is 0 Å². The molecule has 1 heteroatoms. The van der Waals surface area contributed by atoms with Crippen LogP contribution in [-0.2, 0) is 5.41 Å². The fourth-order valence-electron chi connectivity index (χ4n) is 12.6. The maximum absolute atomic E-state index is 2.55. The number of benzene rings is 12. The number of anilines is 3. The molecule has 1 spiro atoms. The van der Waals surface area contributed by atoms with Crippen molar-refractivity contribution < 1.29 is 0 Å². The van der Waals surface area contributed by atoms with E-state index >= 15 is 0 Å². The van der Waals surface area contributed by atoms with Crippen LogP contribution < -0.4 is 4.90 Å². The van der Waals surface area contributed by atoms with Gasteiger partial charge in [0, 0.05) is 16.9 Å². The molecule has 0 unspecified atom stereocenters. The summed E-state index contributed by atoms with van der Waals surface area (Å²) in [7, 11) is 0. The quantitative estimate of drug-likeness (QED) is 0.160. The second kappa shape index (κ2) is 13.3. The summed E-state index contributed by atoms with van der Waals surface area (Å²) in [4.78, 5) is 2.55. The highest BCUT2D eigenvalue weighted by atomic mass is 15.1. The SMILES string of the molecule is c1ccc(-c2ccccc2N(c2ccc3c(c2)C2(c4ccccc4-c4ccccc42)c2ccccc2-3)c2cc3ccc4cccc5c6cccc7ccc8cccc(c(c2)c3c45)c8c76)cc1. The van der Waals surface area contributed by atoms with Crippen molar-refractivity contribution in [3.05, 3.63) is 259 Å². The number of fused-ring (bicyclic) bond motifs is 12. The molecule has 304 valence electrons. The molecule has 0 fully saturated rings. The Bertz CT molecular complexity index is 4110. The summed E-state index contributed by atoms with van der Waals surface area (Å²) in [6.07, 6.45) is 0. The molecule has 15 rings (SSSR count).